The monoisotopic (exact) mass is 478 g/mol. The Bertz CT molecular complexity index is 1270. The minimum Gasteiger partial charge on any atom is -0.484 e. The zero-order chi connectivity index (χ0) is 23.8. The quantitative estimate of drug-likeness (QED) is 0.378. The van der Waals surface area contributed by atoms with Crippen LogP contribution in [0.4, 0.5) is 17.6 Å². The van der Waals surface area contributed by atoms with Crippen LogP contribution in [-0.2, 0) is 4.79 Å². The second kappa shape index (κ2) is 8.81. The van der Waals surface area contributed by atoms with Gasteiger partial charge in [0, 0.05) is 29.3 Å². The molecule has 0 unspecified atom stereocenters. The van der Waals surface area contributed by atoms with Crippen LogP contribution in [0.5, 0.6) is 5.75 Å². The van der Waals surface area contributed by atoms with Crippen molar-refractivity contribution < 1.29 is 27.1 Å². The Kier molecular flexibility index (Phi) is 6.07. The van der Waals surface area contributed by atoms with E-state index in [1.54, 1.807) is 35.3 Å². The Labute approximate surface area is 190 Å². The molecule has 11 heteroatoms. The molecule has 0 aliphatic carbocycles. The maximum Gasteiger partial charge on any atom is 0.321 e. The number of ether oxygens (including phenoxy) is 1. The molecule has 2 heterocycles. The lowest BCUT2D eigenvalue weighted by molar-refractivity contribution is -0.144. The first-order valence-electron chi connectivity index (χ1n) is 9.81. The first kappa shape index (κ1) is 22.7. The summed E-state index contributed by atoms with van der Waals surface area (Å²) in [6.45, 7) is 1.87. The zero-order valence-corrected chi connectivity index (χ0v) is 18.2. The Hall–Kier alpha value is -3.47. The number of alkyl halides is 2. The van der Waals surface area contributed by atoms with E-state index in [-0.39, 0.29) is 5.56 Å². The van der Waals surface area contributed by atoms with Gasteiger partial charge in [-0.1, -0.05) is 0 Å². The van der Waals surface area contributed by atoms with Gasteiger partial charge in [-0.3, -0.25) is 4.79 Å². The lowest BCUT2D eigenvalue weighted by atomic mass is 10.0. The Morgan fingerprint density at radius 2 is 1.88 bits per heavy atom. The molecule has 1 N–H and O–H groups in total. The van der Waals surface area contributed by atoms with Gasteiger partial charge in [0.05, 0.1) is 29.6 Å². The molecule has 33 heavy (non-hydrogen) atoms. The van der Waals surface area contributed by atoms with Crippen molar-refractivity contribution in [3.8, 4) is 11.4 Å². The number of rotatable bonds is 7. The minimum absolute atomic E-state index is 0.0415. The molecule has 172 valence electrons. The van der Waals surface area contributed by atoms with E-state index in [1.807, 2.05) is 5.38 Å². The number of benzene rings is 2. The van der Waals surface area contributed by atoms with Crippen molar-refractivity contribution in [3.05, 3.63) is 71.4 Å². The predicted molar refractivity (Wildman–Crippen MR) is 115 cm³/mol. The van der Waals surface area contributed by atoms with E-state index >= 15 is 0 Å². The van der Waals surface area contributed by atoms with Crippen molar-refractivity contribution in [2.24, 2.45) is 0 Å². The van der Waals surface area contributed by atoms with E-state index in [1.165, 1.54) is 18.5 Å². The molecule has 0 aliphatic rings. The maximum atomic E-state index is 13.9. The van der Waals surface area contributed by atoms with Gasteiger partial charge in [0.25, 0.3) is 5.91 Å². The summed E-state index contributed by atoms with van der Waals surface area (Å²) in [5, 5.41) is 9.03. The third kappa shape index (κ3) is 4.98. The number of nitrogens with zero attached hydrogens (tertiary/aromatic N) is 3. The van der Waals surface area contributed by atoms with Gasteiger partial charge >= 0.3 is 5.92 Å². The molecule has 0 fully saturated rings. The number of nitrogens with one attached hydrogen (secondary N) is 1. The van der Waals surface area contributed by atoms with Gasteiger partial charge < -0.3 is 10.1 Å². The van der Waals surface area contributed by atoms with E-state index in [2.05, 4.69) is 14.8 Å². The Morgan fingerprint density at radius 1 is 1.15 bits per heavy atom. The molecule has 0 spiro atoms. The molecule has 0 saturated carbocycles. The number of carbonyl (C=O) groups excluding carboxylic acids is 1. The SMILES string of the molecule is C[C@H](NC(=O)C(C)(F)F)[C@H](Oc1ccc2c(cnn2-c2cnsc2)c1)c1cc(F)cc(F)c1. The summed E-state index contributed by atoms with van der Waals surface area (Å²) in [5.74, 6) is -6.58. The molecular weight excluding hydrogens is 460 g/mol. The molecule has 6 nitrogen and oxygen atoms in total. The van der Waals surface area contributed by atoms with Gasteiger partial charge in [0.1, 0.15) is 23.5 Å². The molecule has 0 aliphatic heterocycles. The van der Waals surface area contributed by atoms with Crippen molar-refractivity contribution in [2.75, 3.05) is 0 Å². The van der Waals surface area contributed by atoms with Gasteiger partial charge in [0.15, 0.2) is 0 Å². The first-order chi connectivity index (χ1) is 15.6. The Morgan fingerprint density at radius 3 is 2.52 bits per heavy atom. The van der Waals surface area contributed by atoms with Crippen LogP contribution < -0.4 is 10.1 Å². The molecule has 0 radical (unpaired) electrons. The van der Waals surface area contributed by atoms with E-state index < -0.39 is 35.6 Å². The maximum absolute atomic E-state index is 13.9. The van der Waals surface area contributed by atoms with E-state index in [0.717, 1.165) is 23.3 Å². The highest BCUT2D eigenvalue weighted by Crippen LogP contribution is 2.30. The molecule has 2 aromatic heterocycles. The third-order valence-electron chi connectivity index (χ3n) is 4.89. The van der Waals surface area contributed by atoms with Gasteiger partial charge in [-0.15, -0.1) is 0 Å². The van der Waals surface area contributed by atoms with E-state index in [4.69, 9.17) is 4.74 Å². The zero-order valence-electron chi connectivity index (χ0n) is 17.4. The number of amides is 1. The number of fused-ring (bicyclic) bond motifs is 1. The molecule has 4 rings (SSSR count). The highest BCUT2D eigenvalue weighted by atomic mass is 32.1. The average Bonchev–Trinajstić information content (AvgIpc) is 3.39. The topological polar surface area (TPSA) is 69.0 Å². The normalized spacial score (nSPS) is 13.6. The number of halogens is 4. The lowest BCUT2D eigenvalue weighted by Gasteiger charge is -2.27. The van der Waals surface area contributed by atoms with Crippen LogP contribution in [0.15, 0.2) is 54.2 Å². The van der Waals surface area contributed by atoms with Crippen molar-refractivity contribution in [2.45, 2.75) is 31.9 Å². The summed E-state index contributed by atoms with van der Waals surface area (Å²) in [6.07, 6.45) is 2.12. The van der Waals surface area contributed by atoms with Gasteiger partial charge in [-0.2, -0.15) is 18.3 Å². The number of aromatic nitrogens is 3. The van der Waals surface area contributed by atoms with Crippen molar-refractivity contribution in [1.29, 1.82) is 0 Å². The number of hydrogen-bond acceptors (Lipinski definition) is 5. The molecule has 0 saturated heterocycles. The summed E-state index contributed by atoms with van der Waals surface area (Å²) in [5.41, 5.74) is 1.59. The summed E-state index contributed by atoms with van der Waals surface area (Å²) in [7, 11) is 0. The molecule has 4 aromatic rings. The van der Waals surface area contributed by atoms with Crippen LogP contribution in [0.25, 0.3) is 16.6 Å². The van der Waals surface area contributed by atoms with Crippen LogP contribution in [-0.4, -0.2) is 32.0 Å². The molecule has 0 bridgehead atoms. The standard InChI is InChI=1S/C22H18F4N4O2S/c1-12(29-21(31)22(2,25)26)20(13-5-15(23)8-16(24)6-13)32-18-3-4-19-14(7-18)9-27-30(19)17-10-28-33-11-17/h3-12,20H,1-2H3,(H,29,31)/t12-,20-/m0/s1. The summed E-state index contributed by atoms with van der Waals surface area (Å²) < 4.78 is 66.2. The second-order valence-electron chi connectivity index (χ2n) is 7.55. The fraction of sp³-hybridized carbons (Fsp3) is 0.227. The fourth-order valence-corrected chi connectivity index (χ4v) is 3.85. The number of hydrogen-bond donors (Lipinski definition) is 1. The highest BCUT2D eigenvalue weighted by Gasteiger charge is 2.35. The minimum atomic E-state index is -3.63. The van der Waals surface area contributed by atoms with Crippen molar-refractivity contribution in [1.82, 2.24) is 19.5 Å². The summed E-state index contributed by atoms with van der Waals surface area (Å²) in [4.78, 5) is 11.8. The van der Waals surface area contributed by atoms with E-state index in [0.29, 0.717) is 24.1 Å². The van der Waals surface area contributed by atoms with Crippen LogP contribution in [0.1, 0.15) is 25.5 Å². The smallest absolute Gasteiger partial charge is 0.321 e. The summed E-state index contributed by atoms with van der Waals surface area (Å²) in [6, 6.07) is 6.71. The van der Waals surface area contributed by atoms with Crippen LogP contribution in [0.2, 0.25) is 0 Å². The van der Waals surface area contributed by atoms with Crippen molar-refractivity contribution >= 4 is 28.3 Å². The fourth-order valence-electron chi connectivity index (χ4n) is 3.35. The highest BCUT2D eigenvalue weighted by molar-refractivity contribution is 7.03. The molecule has 1 amide bonds. The molecular formula is C22H18F4N4O2S. The summed E-state index contributed by atoms with van der Waals surface area (Å²) >= 11 is 1.28. The third-order valence-corrected chi connectivity index (χ3v) is 5.47. The number of carbonyl (C=O) groups is 1. The van der Waals surface area contributed by atoms with Gasteiger partial charge in [0.2, 0.25) is 0 Å². The largest absolute Gasteiger partial charge is 0.484 e. The first-order valence-corrected chi connectivity index (χ1v) is 10.6. The lowest BCUT2D eigenvalue weighted by Crippen LogP contribution is -2.46. The van der Waals surface area contributed by atoms with Crippen LogP contribution in [0.3, 0.4) is 0 Å². The van der Waals surface area contributed by atoms with Crippen LogP contribution in [0, 0.1) is 11.6 Å². The Balaban J connectivity index is 1.67. The van der Waals surface area contributed by atoms with Crippen LogP contribution >= 0.6 is 11.5 Å². The predicted octanol–water partition coefficient (Wildman–Crippen LogP) is 5.04. The van der Waals surface area contributed by atoms with E-state index in [9.17, 15) is 22.4 Å². The van der Waals surface area contributed by atoms with Crippen molar-refractivity contribution in [3.63, 3.8) is 0 Å². The molecule has 2 aromatic carbocycles. The molecule has 2 atom stereocenters. The van der Waals surface area contributed by atoms with Gasteiger partial charge in [-0.05, 0) is 48.8 Å². The van der Waals surface area contributed by atoms with Gasteiger partial charge in [-0.25, -0.2) is 13.5 Å². The second-order valence-corrected chi connectivity index (χ2v) is 8.21. The average molecular weight is 478 g/mol.